The first-order valence-electron chi connectivity index (χ1n) is 7.23. The number of sulfone groups is 1. The molecule has 0 spiro atoms. The fourth-order valence-electron chi connectivity index (χ4n) is 2.24. The van der Waals surface area contributed by atoms with Gasteiger partial charge in [0.05, 0.1) is 15.9 Å². The monoisotopic (exact) mass is 316 g/mol. The standard InChI is InChI=1S/C18H20O3S/c1-15(22(20,21)17-12-6-3-7-13-17)18(19)14-8-11-16-9-4-2-5-10-16/h2-7,9-10,12-13,18-19H,1,8,11,14H2. The summed E-state index contributed by atoms with van der Waals surface area (Å²) in [6, 6.07) is 18.0. The summed E-state index contributed by atoms with van der Waals surface area (Å²) in [7, 11) is -3.68. The maximum atomic E-state index is 12.3. The van der Waals surface area contributed by atoms with E-state index in [0.29, 0.717) is 12.8 Å². The molecule has 4 heteroatoms. The number of benzene rings is 2. The summed E-state index contributed by atoms with van der Waals surface area (Å²) in [6.07, 6.45) is 0.833. The fraction of sp³-hybridized carbons (Fsp3) is 0.222. The number of hydrogen-bond donors (Lipinski definition) is 1. The van der Waals surface area contributed by atoms with Crippen LogP contribution >= 0.6 is 0 Å². The third-order valence-electron chi connectivity index (χ3n) is 3.56. The van der Waals surface area contributed by atoms with Crippen molar-refractivity contribution in [3.63, 3.8) is 0 Å². The van der Waals surface area contributed by atoms with Crippen molar-refractivity contribution in [2.75, 3.05) is 0 Å². The average Bonchev–Trinajstić information content (AvgIpc) is 2.55. The predicted molar refractivity (Wildman–Crippen MR) is 88.2 cm³/mol. The molecule has 0 saturated carbocycles. The number of rotatable bonds is 7. The zero-order chi connectivity index (χ0) is 16.0. The van der Waals surface area contributed by atoms with Crippen LogP contribution in [0.4, 0.5) is 0 Å². The largest absolute Gasteiger partial charge is 0.388 e. The lowest BCUT2D eigenvalue weighted by Gasteiger charge is -2.14. The van der Waals surface area contributed by atoms with Gasteiger partial charge in [0.1, 0.15) is 0 Å². The van der Waals surface area contributed by atoms with Gasteiger partial charge < -0.3 is 5.11 Å². The van der Waals surface area contributed by atoms with E-state index in [1.54, 1.807) is 18.2 Å². The molecule has 0 aliphatic heterocycles. The van der Waals surface area contributed by atoms with E-state index in [0.717, 1.165) is 6.42 Å². The Morgan fingerprint density at radius 3 is 2.14 bits per heavy atom. The molecular formula is C18H20O3S. The Labute approximate surface area is 131 Å². The van der Waals surface area contributed by atoms with Gasteiger partial charge in [0.15, 0.2) is 0 Å². The van der Waals surface area contributed by atoms with E-state index < -0.39 is 15.9 Å². The zero-order valence-corrected chi connectivity index (χ0v) is 13.2. The summed E-state index contributed by atoms with van der Waals surface area (Å²) in [4.78, 5) is 0.0360. The van der Waals surface area contributed by atoms with Crippen molar-refractivity contribution in [2.24, 2.45) is 0 Å². The summed E-state index contributed by atoms with van der Waals surface area (Å²) in [5.41, 5.74) is 1.17. The maximum Gasteiger partial charge on any atom is 0.204 e. The minimum Gasteiger partial charge on any atom is -0.388 e. The van der Waals surface area contributed by atoms with E-state index in [4.69, 9.17) is 0 Å². The second-order valence-corrected chi connectivity index (χ2v) is 7.18. The van der Waals surface area contributed by atoms with Gasteiger partial charge in [-0.2, -0.15) is 0 Å². The van der Waals surface area contributed by atoms with Crippen LogP contribution in [0, 0.1) is 0 Å². The molecule has 0 bridgehead atoms. The topological polar surface area (TPSA) is 54.4 Å². The second kappa shape index (κ2) is 7.38. The fourth-order valence-corrected chi connectivity index (χ4v) is 3.53. The predicted octanol–water partition coefficient (Wildman–Crippen LogP) is 3.36. The van der Waals surface area contributed by atoms with Gasteiger partial charge >= 0.3 is 0 Å². The molecule has 0 saturated heterocycles. The van der Waals surface area contributed by atoms with Crippen molar-refractivity contribution in [1.82, 2.24) is 0 Å². The smallest absolute Gasteiger partial charge is 0.204 e. The van der Waals surface area contributed by atoms with Crippen molar-refractivity contribution < 1.29 is 13.5 Å². The van der Waals surface area contributed by atoms with Crippen LogP contribution in [0.5, 0.6) is 0 Å². The highest BCUT2D eigenvalue weighted by Crippen LogP contribution is 2.22. The van der Waals surface area contributed by atoms with E-state index in [-0.39, 0.29) is 9.80 Å². The minimum atomic E-state index is -3.68. The molecule has 1 N–H and O–H groups in total. The molecule has 0 heterocycles. The Morgan fingerprint density at radius 1 is 1.00 bits per heavy atom. The summed E-state index contributed by atoms with van der Waals surface area (Å²) >= 11 is 0. The van der Waals surface area contributed by atoms with Crippen LogP contribution in [0.25, 0.3) is 0 Å². The third kappa shape index (κ3) is 4.06. The summed E-state index contributed by atoms with van der Waals surface area (Å²) in [5.74, 6) is 0. The first-order valence-corrected chi connectivity index (χ1v) is 8.71. The van der Waals surface area contributed by atoms with Crippen molar-refractivity contribution in [2.45, 2.75) is 30.3 Å². The number of aryl methyl sites for hydroxylation is 1. The lowest BCUT2D eigenvalue weighted by Crippen LogP contribution is -2.18. The highest BCUT2D eigenvalue weighted by molar-refractivity contribution is 7.95. The average molecular weight is 316 g/mol. The molecule has 0 fully saturated rings. The molecule has 2 aromatic rings. The van der Waals surface area contributed by atoms with E-state index in [9.17, 15) is 13.5 Å². The van der Waals surface area contributed by atoms with Gasteiger partial charge in [-0.25, -0.2) is 8.42 Å². The van der Waals surface area contributed by atoms with Gasteiger partial charge in [-0.1, -0.05) is 55.1 Å². The molecule has 116 valence electrons. The summed E-state index contributed by atoms with van der Waals surface area (Å²) in [5, 5.41) is 10.1. The van der Waals surface area contributed by atoms with Crippen molar-refractivity contribution in [1.29, 1.82) is 0 Å². The van der Waals surface area contributed by atoms with E-state index in [2.05, 4.69) is 6.58 Å². The molecule has 0 aliphatic carbocycles. The van der Waals surface area contributed by atoms with E-state index in [1.165, 1.54) is 17.7 Å². The van der Waals surface area contributed by atoms with Crippen LogP contribution in [-0.2, 0) is 16.3 Å². The van der Waals surface area contributed by atoms with Crippen LogP contribution in [-0.4, -0.2) is 19.6 Å². The molecule has 3 nitrogen and oxygen atoms in total. The van der Waals surface area contributed by atoms with Crippen LogP contribution in [0.15, 0.2) is 77.0 Å². The zero-order valence-electron chi connectivity index (χ0n) is 12.4. The number of hydrogen-bond acceptors (Lipinski definition) is 3. The van der Waals surface area contributed by atoms with E-state index >= 15 is 0 Å². The Kier molecular flexibility index (Phi) is 5.52. The number of aliphatic hydroxyl groups excluding tert-OH is 1. The molecule has 0 aromatic heterocycles. The van der Waals surface area contributed by atoms with Gasteiger partial charge in [0, 0.05) is 0 Å². The quantitative estimate of drug-likeness (QED) is 0.852. The Balaban J connectivity index is 1.95. The lowest BCUT2D eigenvalue weighted by atomic mass is 10.1. The first-order chi connectivity index (χ1) is 10.5. The van der Waals surface area contributed by atoms with Gasteiger partial charge in [-0.05, 0) is 37.0 Å². The van der Waals surface area contributed by atoms with E-state index in [1.807, 2.05) is 30.3 Å². The van der Waals surface area contributed by atoms with Gasteiger partial charge in [0.2, 0.25) is 9.84 Å². The summed E-state index contributed by atoms with van der Waals surface area (Å²) in [6.45, 7) is 3.59. The molecule has 22 heavy (non-hydrogen) atoms. The molecule has 0 amide bonds. The highest BCUT2D eigenvalue weighted by Gasteiger charge is 2.24. The molecule has 2 aromatic carbocycles. The van der Waals surface area contributed by atoms with Crippen LogP contribution < -0.4 is 0 Å². The molecule has 2 rings (SSSR count). The normalized spacial score (nSPS) is 12.8. The molecule has 0 radical (unpaired) electrons. The van der Waals surface area contributed by atoms with Crippen molar-refractivity contribution in [3.8, 4) is 0 Å². The molecule has 1 unspecified atom stereocenters. The van der Waals surface area contributed by atoms with Gasteiger partial charge in [-0.15, -0.1) is 0 Å². The Hall–Kier alpha value is -1.91. The lowest BCUT2D eigenvalue weighted by molar-refractivity contribution is 0.205. The SMILES string of the molecule is C=C(C(O)CCCc1ccccc1)S(=O)(=O)c1ccccc1. The maximum absolute atomic E-state index is 12.3. The molecular weight excluding hydrogens is 296 g/mol. The van der Waals surface area contributed by atoms with Gasteiger partial charge in [0.25, 0.3) is 0 Å². The van der Waals surface area contributed by atoms with Crippen LogP contribution in [0.2, 0.25) is 0 Å². The Bertz CT molecular complexity index is 707. The van der Waals surface area contributed by atoms with Crippen molar-refractivity contribution in [3.05, 3.63) is 77.7 Å². The van der Waals surface area contributed by atoms with Crippen LogP contribution in [0.1, 0.15) is 18.4 Å². The Morgan fingerprint density at radius 2 is 1.55 bits per heavy atom. The second-order valence-electron chi connectivity index (χ2n) is 5.18. The first kappa shape index (κ1) is 16.5. The summed E-state index contributed by atoms with van der Waals surface area (Å²) < 4.78 is 24.7. The molecule has 1 atom stereocenters. The third-order valence-corrected chi connectivity index (χ3v) is 5.41. The van der Waals surface area contributed by atoms with Crippen LogP contribution in [0.3, 0.4) is 0 Å². The molecule has 0 aliphatic rings. The number of aliphatic hydroxyl groups is 1. The van der Waals surface area contributed by atoms with Crippen molar-refractivity contribution >= 4 is 9.84 Å². The van der Waals surface area contributed by atoms with Gasteiger partial charge in [-0.3, -0.25) is 0 Å². The minimum absolute atomic E-state index is 0.133. The highest BCUT2D eigenvalue weighted by atomic mass is 32.2.